The van der Waals surface area contributed by atoms with E-state index in [9.17, 15) is 67.8 Å². The number of nitrogens with two attached hydrogens (primary N) is 1. The number of phosphoric acid groups is 3. The Kier molecular flexibility index (Phi) is 15.8. The van der Waals surface area contributed by atoms with Crippen LogP contribution in [0.1, 0.15) is 32.9 Å². The van der Waals surface area contributed by atoms with Crippen molar-refractivity contribution in [3.8, 4) is 0 Å². The number of nitrogens with zero attached hydrogens (tertiary/aromatic N) is 4. The Bertz CT molecular complexity index is 1830. The van der Waals surface area contributed by atoms with E-state index in [4.69, 9.17) is 19.5 Å². The highest BCUT2D eigenvalue weighted by molar-refractivity contribution is 8.13. The predicted molar refractivity (Wildman–Crippen MR) is 177 cm³/mol. The van der Waals surface area contributed by atoms with Crippen LogP contribution in [0.25, 0.3) is 11.2 Å². The summed E-state index contributed by atoms with van der Waals surface area (Å²) in [6.07, 6.45) is -7.92. The van der Waals surface area contributed by atoms with E-state index in [2.05, 4.69) is 34.4 Å². The molecule has 0 aliphatic carbocycles. The van der Waals surface area contributed by atoms with Gasteiger partial charge in [-0.2, -0.15) is 4.31 Å². The van der Waals surface area contributed by atoms with E-state index in [-0.39, 0.29) is 42.2 Å². The predicted octanol–water partition coefficient (Wildman–Crippen LogP) is -3.20. The van der Waals surface area contributed by atoms with Crippen molar-refractivity contribution in [1.29, 1.82) is 0 Å². The maximum atomic E-state index is 12.6. The molecule has 0 saturated carbocycles. The first-order chi connectivity index (χ1) is 24.9. The van der Waals surface area contributed by atoms with Gasteiger partial charge in [-0.3, -0.25) is 32.5 Å². The Morgan fingerprint density at radius 3 is 2.39 bits per heavy atom. The topological polar surface area (TPSA) is 404 Å². The maximum Gasteiger partial charge on any atom is 0.481 e. The van der Waals surface area contributed by atoms with Gasteiger partial charge < -0.3 is 60.8 Å². The number of anilines is 1. The SMILES string of the molecule is CC(C)(COP(=O)(O)OP(=O)(O)OC[C@H]1O[C@@H](n2cnc3c(N)ncnc32)[C@H](O)[C@@H]1OP(=O)(O)O)C(O)C(=O)NCCC(=O)NCCSC(=O)CC(=O)[O-]. The van der Waals surface area contributed by atoms with Crippen LogP contribution in [0.3, 0.4) is 0 Å². The van der Waals surface area contributed by atoms with Crippen molar-refractivity contribution in [2.24, 2.45) is 5.41 Å². The third-order valence-corrected chi connectivity index (χ3v) is 11.0. The Labute approximate surface area is 308 Å². The average Bonchev–Trinajstić information content (AvgIpc) is 3.60. The van der Waals surface area contributed by atoms with Gasteiger partial charge in [0.15, 0.2) is 22.8 Å². The normalized spacial score (nSPS) is 21.9. The van der Waals surface area contributed by atoms with Crippen LogP contribution in [0.2, 0.25) is 0 Å². The van der Waals surface area contributed by atoms with Crippen molar-refractivity contribution in [3.05, 3.63) is 12.7 Å². The molecule has 1 aliphatic heterocycles. The quantitative estimate of drug-likeness (QED) is 0.0339. The molecule has 3 rings (SSSR count). The number of carbonyl (C=O) groups is 4. The first kappa shape index (κ1) is 45.4. The van der Waals surface area contributed by atoms with Gasteiger partial charge in [-0.25, -0.2) is 28.6 Å². The second-order valence-corrected chi connectivity index (χ2v) is 17.2. The molecular weight excluding hydrogens is 815 g/mol. The molecule has 0 spiro atoms. The number of aliphatic carboxylic acids is 1. The largest absolute Gasteiger partial charge is 0.550 e. The standard InChI is InChI=1S/C24H38N7O19P3S/c1-24(2,19(37)22(38)27-4-3-13(32)26-5-6-54-15(35)7-14(33)34)9-47-53(44,45)50-52(42,43)46-8-12-18(49-51(39,40)41)17(36)23(48-12)31-11-30-16-20(25)28-10-29-21(16)31/h10-12,17-19,23,36-37H,3-9H2,1-2H3,(H,26,32)(H,27,38)(H,33,34)(H,42,43)(H,44,45)(H2,25,28,29)(H2,39,40,41)/p-1/t12-,17-,18-,19?,23-/m1/s1. The first-order valence-electron chi connectivity index (χ1n) is 15.2. The fraction of sp³-hybridized carbons (Fsp3) is 0.625. The summed E-state index contributed by atoms with van der Waals surface area (Å²) in [5, 5.41) is 35.7. The molecule has 3 heterocycles. The summed E-state index contributed by atoms with van der Waals surface area (Å²) in [5.74, 6) is -3.09. The number of ether oxygens (including phenoxy) is 1. The van der Waals surface area contributed by atoms with Crippen LogP contribution in [0.4, 0.5) is 5.82 Å². The van der Waals surface area contributed by atoms with Crippen molar-refractivity contribution in [3.63, 3.8) is 0 Å². The molecule has 1 fully saturated rings. The molecule has 1 aliphatic rings. The van der Waals surface area contributed by atoms with E-state index >= 15 is 0 Å². The minimum atomic E-state index is -5.59. The molecule has 3 unspecified atom stereocenters. The highest BCUT2D eigenvalue weighted by Gasteiger charge is 2.50. The van der Waals surface area contributed by atoms with E-state index in [1.807, 2.05) is 0 Å². The van der Waals surface area contributed by atoms with Gasteiger partial charge in [0, 0.05) is 36.6 Å². The number of carbonyl (C=O) groups excluding carboxylic acids is 4. The minimum absolute atomic E-state index is 0.0121. The van der Waals surface area contributed by atoms with Gasteiger partial charge in [-0.15, -0.1) is 0 Å². The molecule has 0 radical (unpaired) electrons. The Balaban J connectivity index is 1.51. The number of aliphatic hydroxyl groups excluding tert-OH is 2. The summed E-state index contributed by atoms with van der Waals surface area (Å²) < 4.78 is 61.8. The number of phosphoric ester groups is 3. The van der Waals surface area contributed by atoms with Crippen molar-refractivity contribution in [2.75, 3.05) is 37.8 Å². The molecule has 10 N–H and O–H groups in total. The number of amides is 2. The van der Waals surface area contributed by atoms with Gasteiger partial charge in [0.25, 0.3) is 0 Å². The molecule has 54 heavy (non-hydrogen) atoms. The molecule has 26 nitrogen and oxygen atoms in total. The number of thioether (sulfide) groups is 1. The second-order valence-electron chi connectivity index (χ2n) is 11.8. The number of carboxylic acid groups (broad SMARTS) is 1. The van der Waals surface area contributed by atoms with Crippen LogP contribution in [0.5, 0.6) is 0 Å². The van der Waals surface area contributed by atoms with Crippen LogP contribution in [-0.4, -0.2) is 129 Å². The van der Waals surface area contributed by atoms with Crippen molar-refractivity contribution < 1.29 is 90.4 Å². The van der Waals surface area contributed by atoms with Gasteiger partial charge in [0.1, 0.15) is 36.3 Å². The summed E-state index contributed by atoms with van der Waals surface area (Å²) >= 11 is 0.678. The summed E-state index contributed by atoms with van der Waals surface area (Å²) in [6.45, 7) is 0.0894. The zero-order valence-corrected chi connectivity index (χ0v) is 31.6. The van der Waals surface area contributed by atoms with Crippen molar-refractivity contribution in [1.82, 2.24) is 30.2 Å². The van der Waals surface area contributed by atoms with Gasteiger partial charge in [0.2, 0.25) is 11.8 Å². The molecule has 0 aromatic carbocycles. The Morgan fingerprint density at radius 1 is 1.07 bits per heavy atom. The molecule has 1 saturated heterocycles. The van der Waals surface area contributed by atoms with Crippen molar-refractivity contribution in [2.45, 2.75) is 57.3 Å². The molecule has 2 aromatic rings. The Hall–Kier alpha value is -2.97. The molecule has 2 amide bonds. The summed E-state index contributed by atoms with van der Waals surface area (Å²) in [7, 11) is -16.4. The van der Waals surface area contributed by atoms with E-state index in [1.165, 1.54) is 13.8 Å². The van der Waals surface area contributed by atoms with E-state index < -0.39 is 102 Å². The van der Waals surface area contributed by atoms with Crippen LogP contribution in [-0.2, 0) is 55.5 Å². The number of aromatic nitrogens is 4. The van der Waals surface area contributed by atoms with Gasteiger partial charge in [-0.05, 0) is 0 Å². The third kappa shape index (κ3) is 13.6. The van der Waals surface area contributed by atoms with Crippen molar-refractivity contribution >= 4 is 75.1 Å². The molecule has 304 valence electrons. The summed E-state index contributed by atoms with van der Waals surface area (Å²) in [4.78, 5) is 96.8. The number of nitrogen functional groups attached to an aromatic ring is 1. The molecule has 2 aromatic heterocycles. The van der Waals surface area contributed by atoms with Crippen LogP contribution >= 0.6 is 35.2 Å². The number of carboxylic acids is 1. The summed E-state index contributed by atoms with van der Waals surface area (Å²) in [6, 6.07) is 0. The number of fused-ring (bicyclic) bond motifs is 1. The number of aliphatic hydroxyl groups is 2. The van der Waals surface area contributed by atoms with Crippen LogP contribution in [0.15, 0.2) is 12.7 Å². The zero-order chi connectivity index (χ0) is 40.6. The molecule has 30 heteroatoms. The number of hydrogen-bond acceptors (Lipinski definition) is 20. The summed E-state index contributed by atoms with van der Waals surface area (Å²) in [5.41, 5.74) is 4.18. The fourth-order valence-electron chi connectivity index (χ4n) is 4.46. The maximum absolute atomic E-state index is 12.6. The number of rotatable bonds is 21. The third-order valence-electron chi connectivity index (χ3n) is 7.05. The Morgan fingerprint density at radius 2 is 1.74 bits per heavy atom. The number of hydrogen-bond donors (Lipinski definition) is 9. The van der Waals surface area contributed by atoms with E-state index in [0.717, 1.165) is 17.2 Å². The van der Waals surface area contributed by atoms with Crippen LogP contribution in [0, 0.1) is 5.41 Å². The lowest BCUT2D eigenvalue weighted by Crippen LogP contribution is -2.46. The van der Waals surface area contributed by atoms with E-state index in [0.29, 0.717) is 11.8 Å². The molecule has 0 bridgehead atoms. The zero-order valence-electron chi connectivity index (χ0n) is 28.1. The molecule has 7 atom stereocenters. The number of nitrogens with one attached hydrogen (secondary N) is 2. The average molecular weight is 853 g/mol. The lowest BCUT2D eigenvalue weighted by molar-refractivity contribution is -0.304. The lowest BCUT2D eigenvalue weighted by Gasteiger charge is -2.30. The highest BCUT2D eigenvalue weighted by atomic mass is 32.2. The van der Waals surface area contributed by atoms with Gasteiger partial charge >= 0.3 is 23.5 Å². The van der Waals surface area contributed by atoms with Gasteiger partial charge in [0.05, 0.1) is 26.0 Å². The highest BCUT2D eigenvalue weighted by Crippen LogP contribution is 2.61. The minimum Gasteiger partial charge on any atom is -0.550 e. The van der Waals surface area contributed by atoms with E-state index in [1.54, 1.807) is 0 Å². The monoisotopic (exact) mass is 852 g/mol. The van der Waals surface area contributed by atoms with Gasteiger partial charge in [-0.1, -0.05) is 25.6 Å². The second kappa shape index (κ2) is 18.8. The first-order valence-corrected chi connectivity index (χ1v) is 20.7. The number of imidazole rings is 1. The lowest BCUT2D eigenvalue weighted by atomic mass is 9.87. The molecular formula is C24H37N7O19P3S-. The fourth-order valence-corrected chi connectivity index (χ4v) is 7.94. The van der Waals surface area contributed by atoms with Crippen LogP contribution < -0.4 is 21.5 Å². The smallest absolute Gasteiger partial charge is 0.481 e.